The van der Waals surface area contributed by atoms with Gasteiger partial charge < -0.3 is 15.7 Å². The number of aldehydes is 1. The first-order valence-corrected chi connectivity index (χ1v) is 12.7. The van der Waals surface area contributed by atoms with Gasteiger partial charge in [-0.2, -0.15) is 31.4 Å². The fourth-order valence-corrected chi connectivity index (χ4v) is 3.56. The minimum atomic E-state index is -4.75. The van der Waals surface area contributed by atoms with E-state index in [1.165, 1.54) is 6.07 Å². The summed E-state index contributed by atoms with van der Waals surface area (Å²) in [6.07, 6.45) is -2.50. The van der Waals surface area contributed by atoms with Gasteiger partial charge in [0, 0.05) is 38.0 Å². The summed E-state index contributed by atoms with van der Waals surface area (Å²) in [7, 11) is 1.90. The molecule has 0 spiro atoms. The highest BCUT2D eigenvalue weighted by Crippen LogP contribution is 2.29. The van der Waals surface area contributed by atoms with E-state index in [0.29, 0.717) is 11.8 Å². The molecule has 0 saturated heterocycles. The minimum Gasteiger partial charge on any atom is -0.397 e. The van der Waals surface area contributed by atoms with Gasteiger partial charge in [0.2, 0.25) is 0 Å². The summed E-state index contributed by atoms with van der Waals surface area (Å²) in [5.41, 5.74) is 2.20. The van der Waals surface area contributed by atoms with Gasteiger partial charge >= 0.3 is 12.4 Å². The number of nitrogen functional groups attached to an aromatic ring is 1. The second-order valence-corrected chi connectivity index (χ2v) is 9.29. The Balaban J connectivity index is 0.000000448. The van der Waals surface area contributed by atoms with Crippen molar-refractivity contribution in [1.29, 1.82) is 0 Å². The summed E-state index contributed by atoms with van der Waals surface area (Å²) >= 11 is 0. The smallest absolute Gasteiger partial charge is 0.397 e. The lowest BCUT2D eigenvalue weighted by molar-refractivity contribution is -0.203. The van der Waals surface area contributed by atoms with E-state index in [4.69, 9.17) is 10.8 Å². The number of benzene rings is 1. The van der Waals surface area contributed by atoms with Gasteiger partial charge in [0.15, 0.2) is 18.2 Å². The van der Waals surface area contributed by atoms with Crippen molar-refractivity contribution >= 4 is 18.0 Å². The van der Waals surface area contributed by atoms with Crippen LogP contribution in [0.5, 0.6) is 0 Å². The summed E-state index contributed by atoms with van der Waals surface area (Å²) in [5, 5.41) is 13.9. The van der Waals surface area contributed by atoms with Crippen LogP contribution in [0.15, 0.2) is 41.7 Å². The van der Waals surface area contributed by atoms with Crippen LogP contribution < -0.4 is 11.3 Å². The van der Waals surface area contributed by atoms with Crippen LogP contribution in [0.25, 0.3) is 17.5 Å². The molecule has 1 unspecified atom stereocenters. The second kappa shape index (κ2) is 15.2. The first-order chi connectivity index (χ1) is 20.1. The van der Waals surface area contributed by atoms with Gasteiger partial charge in [0.05, 0.1) is 17.4 Å². The van der Waals surface area contributed by atoms with E-state index in [1.807, 2.05) is 11.9 Å². The monoisotopic (exact) mass is 618 g/mol. The number of aliphatic hydroxyl groups excluding tert-OH is 1. The van der Waals surface area contributed by atoms with Crippen molar-refractivity contribution in [2.24, 2.45) is 0 Å². The summed E-state index contributed by atoms with van der Waals surface area (Å²) in [6, 6.07) is 2.50. The molecule has 2 aromatic heterocycles. The molecule has 1 aromatic carbocycles. The number of carbonyl (C=O) groups is 1. The van der Waals surface area contributed by atoms with Crippen LogP contribution in [0.2, 0.25) is 0 Å². The molecule has 9 nitrogen and oxygen atoms in total. The Morgan fingerprint density at radius 2 is 1.72 bits per heavy atom. The lowest BCUT2D eigenvalue weighted by Crippen LogP contribution is -2.30. The van der Waals surface area contributed by atoms with Crippen molar-refractivity contribution in [3.8, 4) is 11.4 Å². The number of nitrogens with one attached hydrogen (secondary N) is 1. The number of halogens is 7. The van der Waals surface area contributed by atoms with Crippen LogP contribution >= 0.6 is 0 Å². The van der Waals surface area contributed by atoms with Gasteiger partial charge in [-0.25, -0.2) is 19.5 Å². The Morgan fingerprint density at radius 1 is 1.07 bits per heavy atom. The number of aliphatic hydroxyl groups is 1. The van der Waals surface area contributed by atoms with Gasteiger partial charge in [-0.3, -0.25) is 9.59 Å². The zero-order chi connectivity index (χ0) is 32.4. The molecule has 0 radical (unpaired) electrons. The Bertz CT molecular complexity index is 1440. The summed E-state index contributed by atoms with van der Waals surface area (Å²) in [5.74, 6) is -0.759. The third-order valence-electron chi connectivity index (χ3n) is 5.84. The zero-order valence-electron chi connectivity index (χ0n) is 23.0. The van der Waals surface area contributed by atoms with Crippen molar-refractivity contribution in [3.05, 3.63) is 75.3 Å². The second-order valence-electron chi connectivity index (χ2n) is 9.29. The van der Waals surface area contributed by atoms with Crippen LogP contribution in [0.3, 0.4) is 0 Å². The van der Waals surface area contributed by atoms with Gasteiger partial charge in [0.1, 0.15) is 11.4 Å². The number of hydrogen-bond acceptors (Lipinski definition) is 8. The summed E-state index contributed by atoms with van der Waals surface area (Å²) in [4.78, 5) is 31.8. The van der Waals surface area contributed by atoms with E-state index < -0.39 is 47.5 Å². The zero-order valence-corrected chi connectivity index (χ0v) is 23.0. The quantitative estimate of drug-likeness (QED) is 0.164. The maximum Gasteiger partial charge on any atom is 0.423 e. The summed E-state index contributed by atoms with van der Waals surface area (Å²) in [6.45, 7) is 2.95. The first kappa shape index (κ1) is 34.9. The summed E-state index contributed by atoms with van der Waals surface area (Å²) < 4.78 is 87.9. The lowest BCUT2D eigenvalue weighted by atomic mass is 10.0. The van der Waals surface area contributed by atoms with E-state index in [9.17, 15) is 40.3 Å². The van der Waals surface area contributed by atoms with Gasteiger partial charge in [-0.1, -0.05) is 19.8 Å². The molecule has 0 amide bonds. The maximum absolute atomic E-state index is 14.5. The van der Waals surface area contributed by atoms with E-state index in [-0.39, 0.29) is 22.5 Å². The molecule has 1 atom stereocenters. The largest absolute Gasteiger partial charge is 0.423 e. The number of nitrogens with two attached hydrogens (primary N) is 1. The van der Waals surface area contributed by atoms with E-state index in [2.05, 4.69) is 22.0 Å². The number of H-pyrrole nitrogens is 1. The van der Waals surface area contributed by atoms with Gasteiger partial charge in [0.25, 0.3) is 5.56 Å². The van der Waals surface area contributed by atoms with Crippen LogP contribution in [-0.4, -0.2) is 62.3 Å². The molecule has 234 valence electrons. The SMILES string of the molecule is CCCCCN(C)/C=C\c1cc(-c2ncc(CC(O)C(F)(F)F)cn2)c(F)cc1C=O.Nc1cn[nH]c(=O)c1C(F)(F)F. The van der Waals surface area contributed by atoms with Crippen LogP contribution in [0.1, 0.15) is 53.2 Å². The number of aromatic amines is 1. The van der Waals surface area contributed by atoms with Crippen molar-refractivity contribution < 1.29 is 40.6 Å². The fraction of sp³-hybridized carbons (Fsp3) is 0.370. The Kier molecular flexibility index (Phi) is 12.3. The molecule has 0 aliphatic carbocycles. The van der Waals surface area contributed by atoms with Crippen molar-refractivity contribution in [3.63, 3.8) is 0 Å². The molecule has 0 saturated carbocycles. The van der Waals surface area contributed by atoms with E-state index in [1.54, 1.807) is 17.4 Å². The Labute approximate surface area is 241 Å². The number of alkyl halides is 6. The molecular weight excluding hydrogens is 589 g/mol. The number of nitrogens with zero attached hydrogens (tertiary/aromatic N) is 4. The first-order valence-electron chi connectivity index (χ1n) is 12.7. The molecule has 4 N–H and O–H groups in total. The number of anilines is 1. The molecule has 0 fully saturated rings. The number of unbranched alkanes of at least 4 members (excludes halogenated alkanes) is 2. The molecule has 0 aliphatic rings. The molecule has 43 heavy (non-hydrogen) atoms. The van der Waals surface area contributed by atoms with Crippen molar-refractivity contribution in [1.82, 2.24) is 25.1 Å². The third kappa shape index (κ3) is 10.5. The van der Waals surface area contributed by atoms with E-state index in [0.717, 1.165) is 50.5 Å². The maximum atomic E-state index is 14.5. The molecule has 2 heterocycles. The molecular formula is C27H29F7N6O3. The molecule has 0 bridgehead atoms. The van der Waals surface area contributed by atoms with Crippen LogP contribution in [0, 0.1) is 5.82 Å². The minimum absolute atomic E-state index is 0.0156. The van der Waals surface area contributed by atoms with Gasteiger partial charge in [-0.15, -0.1) is 0 Å². The molecule has 3 aromatic rings. The molecule has 16 heteroatoms. The van der Waals surface area contributed by atoms with Crippen LogP contribution in [0.4, 0.5) is 36.4 Å². The number of aromatic nitrogens is 4. The highest BCUT2D eigenvalue weighted by Gasteiger charge is 2.38. The molecule has 3 rings (SSSR count). The Morgan fingerprint density at radius 3 is 2.23 bits per heavy atom. The predicted molar refractivity (Wildman–Crippen MR) is 144 cm³/mol. The van der Waals surface area contributed by atoms with Gasteiger partial charge in [-0.05, 0) is 42.0 Å². The lowest BCUT2D eigenvalue weighted by Gasteiger charge is -2.14. The highest BCUT2D eigenvalue weighted by molar-refractivity contribution is 5.84. The van der Waals surface area contributed by atoms with Crippen molar-refractivity contribution in [2.75, 3.05) is 19.3 Å². The number of carbonyl (C=O) groups excluding carboxylic acids is 1. The number of rotatable bonds is 10. The van der Waals surface area contributed by atoms with Crippen molar-refractivity contribution in [2.45, 2.75) is 51.1 Å². The average Bonchev–Trinajstić information content (AvgIpc) is 2.92. The average molecular weight is 619 g/mol. The topological polar surface area (TPSA) is 138 Å². The third-order valence-corrected chi connectivity index (χ3v) is 5.84. The highest BCUT2D eigenvalue weighted by atomic mass is 19.4. The molecule has 0 aliphatic heterocycles. The Hall–Kier alpha value is -4.34. The normalized spacial score (nSPS) is 12.5. The van der Waals surface area contributed by atoms with E-state index >= 15 is 0 Å². The fourth-order valence-electron chi connectivity index (χ4n) is 3.56. The standard InChI is InChI=1S/C22H25F4N3O2.C5H4F3N3O/c1-3-4-5-7-29(2)8-6-16-10-18(19(23)11-17(16)14-30)21-27-12-15(13-28-21)9-20(31)22(24,25)26;6-5(7,8)3-2(9)1-10-11-4(3)12/h6,8,10-14,20,31H,3-5,7,9H2,1-2H3;1H,(H3,9,11,12)/b8-6-;. The number of hydrogen-bond donors (Lipinski definition) is 3. The predicted octanol–water partition coefficient (Wildman–Crippen LogP) is 5.02. The van der Waals surface area contributed by atoms with Crippen LogP contribution in [-0.2, 0) is 12.6 Å².